The maximum atomic E-state index is 12.8. The van der Waals surface area contributed by atoms with Gasteiger partial charge in [-0.3, -0.25) is 9.69 Å². The number of piperazine rings is 1. The fourth-order valence-corrected chi connectivity index (χ4v) is 3.73. The number of nitrogens with zero attached hydrogens (tertiary/aromatic N) is 2. The summed E-state index contributed by atoms with van der Waals surface area (Å²) in [4.78, 5) is 40.4. The average molecular weight is 428 g/mol. The lowest BCUT2D eigenvalue weighted by molar-refractivity contribution is -0.133. The summed E-state index contributed by atoms with van der Waals surface area (Å²) < 4.78 is 10.2. The first-order chi connectivity index (χ1) is 14.7. The first kappa shape index (κ1) is 22.4. The molecule has 31 heavy (non-hydrogen) atoms. The lowest BCUT2D eigenvalue weighted by Gasteiger charge is -2.41. The van der Waals surface area contributed by atoms with E-state index < -0.39 is 17.8 Å². The minimum Gasteiger partial charge on any atom is -0.453 e. The number of carbonyl (C=O) groups is 3. The molecule has 3 amide bonds. The molecule has 166 valence electrons. The zero-order chi connectivity index (χ0) is 22.6. The standard InChI is InChI=1S/C23H29N3O5/c1-23(2,3)31-21(28)24-14-20(27)25-12-13-26(22(29)30-4)19(15-25)18-11-7-9-16-8-5-6-10-17(16)18/h5-11,19H,12-15H2,1-4H3,(H,24,28). The fourth-order valence-electron chi connectivity index (χ4n) is 3.73. The molecule has 1 aliphatic heterocycles. The van der Waals surface area contributed by atoms with E-state index in [0.29, 0.717) is 19.6 Å². The highest BCUT2D eigenvalue weighted by Crippen LogP contribution is 2.31. The number of fused-ring (bicyclic) bond motifs is 1. The molecule has 0 saturated carbocycles. The quantitative estimate of drug-likeness (QED) is 0.812. The molecule has 3 rings (SSSR count). The van der Waals surface area contributed by atoms with Crippen LogP contribution in [-0.4, -0.2) is 66.8 Å². The van der Waals surface area contributed by atoms with Crippen LogP contribution in [0, 0.1) is 0 Å². The van der Waals surface area contributed by atoms with Crippen LogP contribution in [0.25, 0.3) is 10.8 Å². The van der Waals surface area contributed by atoms with Gasteiger partial charge in [0.2, 0.25) is 5.91 Å². The van der Waals surface area contributed by atoms with Crippen molar-refractivity contribution < 1.29 is 23.9 Å². The fraction of sp³-hybridized carbons (Fsp3) is 0.435. The number of nitrogens with one attached hydrogen (secondary N) is 1. The third kappa shape index (κ3) is 5.45. The van der Waals surface area contributed by atoms with E-state index in [4.69, 9.17) is 9.47 Å². The number of hydrogen-bond acceptors (Lipinski definition) is 5. The lowest BCUT2D eigenvalue weighted by atomic mass is 9.96. The summed E-state index contributed by atoms with van der Waals surface area (Å²) in [5.41, 5.74) is 0.305. The van der Waals surface area contributed by atoms with Gasteiger partial charge in [-0.15, -0.1) is 0 Å². The molecule has 1 heterocycles. The van der Waals surface area contributed by atoms with Crippen molar-refractivity contribution in [3.8, 4) is 0 Å². The van der Waals surface area contributed by atoms with E-state index >= 15 is 0 Å². The number of carbonyl (C=O) groups excluding carboxylic acids is 3. The molecule has 1 fully saturated rings. The molecule has 0 spiro atoms. The number of amides is 3. The van der Waals surface area contributed by atoms with Gasteiger partial charge in [-0.25, -0.2) is 9.59 Å². The first-order valence-corrected chi connectivity index (χ1v) is 10.3. The Kier molecular flexibility index (Phi) is 6.68. The Morgan fingerprint density at radius 2 is 1.77 bits per heavy atom. The smallest absolute Gasteiger partial charge is 0.410 e. The highest BCUT2D eigenvalue weighted by Gasteiger charge is 2.35. The highest BCUT2D eigenvalue weighted by atomic mass is 16.6. The zero-order valence-electron chi connectivity index (χ0n) is 18.4. The molecular weight excluding hydrogens is 398 g/mol. The van der Waals surface area contributed by atoms with E-state index in [1.165, 1.54) is 7.11 Å². The summed E-state index contributed by atoms with van der Waals surface area (Å²) in [6.45, 7) is 6.09. The van der Waals surface area contributed by atoms with E-state index in [1.807, 2.05) is 42.5 Å². The van der Waals surface area contributed by atoms with E-state index in [2.05, 4.69) is 5.32 Å². The van der Waals surface area contributed by atoms with E-state index in [-0.39, 0.29) is 18.5 Å². The lowest BCUT2D eigenvalue weighted by Crippen LogP contribution is -2.54. The number of methoxy groups -OCH3 is 1. The number of alkyl carbamates (subject to hydrolysis) is 1. The molecular formula is C23H29N3O5. The third-order valence-electron chi connectivity index (χ3n) is 5.11. The molecule has 1 unspecified atom stereocenters. The number of rotatable bonds is 3. The second-order valence-electron chi connectivity index (χ2n) is 8.44. The second-order valence-corrected chi connectivity index (χ2v) is 8.44. The summed E-state index contributed by atoms with van der Waals surface area (Å²) in [6, 6.07) is 13.5. The molecule has 8 nitrogen and oxygen atoms in total. The van der Waals surface area contributed by atoms with Crippen LogP contribution in [-0.2, 0) is 14.3 Å². The van der Waals surface area contributed by atoms with Crippen molar-refractivity contribution in [2.24, 2.45) is 0 Å². The molecule has 0 aliphatic carbocycles. The summed E-state index contributed by atoms with van der Waals surface area (Å²) in [5, 5.41) is 4.58. The molecule has 8 heteroatoms. The summed E-state index contributed by atoms with van der Waals surface area (Å²) in [7, 11) is 1.35. The Labute approximate surface area is 182 Å². The van der Waals surface area contributed by atoms with Crippen molar-refractivity contribution in [2.75, 3.05) is 33.3 Å². The van der Waals surface area contributed by atoms with Crippen molar-refractivity contribution in [2.45, 2.75) is 32.4 Å². The van der Waals surface area contributed by atoms with Gasteiger partial charge in [-0.1, -0.05) is 42.5 Å². The van der Waals surface area contributed by atoms with Gasteiger partial charge in [0.15, 0.2) is 0 Å². The van der Waals surface area contributed by atoms with Gasteiger partial charge < -0.3 is 19.7 Å². The van der Waals surface area contributed by atoms with Gasteiger partial charge in [0.1, 0.15) is 12.1 Å². The molecule has 2 aromatic carbocycles. The van der Waals surface area contributed by atoms with Gasteiger partial charge in [0, 0.05) is 19.6 Å². The topological polar surface area (TPSA) is 88.2 Å². The predicted molar refractivity (Wildman–Crippen MR) is 117 cm³/mol. The van der Waals surface area contributed by atoms with E-state index in [1.54, 1.807) is 30.6 Å². The van der Waals surface area contributed by atoms with Crippen molar-refractivity contribution in [1.82, 2.24) is 15.1 Å². The Hall–Kier alpha value is -3.29. The van der Waals surface area contributed by atoms with Crippen molar-refractivity contribution in [3.05, 3.63) is 48.0 Å². The van der Waals surface area contributed by atoms with Gasteiger partial charge in [0.05, 0.1) is 13.2 Å². The number of hydrogen-bond donors (Lipinski definition) is 1. The summed E-state index contributed by atoms with van der Waals surface area (Å²) in [5.74, 6) is -0.236. The van der Waals surface area contributed by atoms with Crippen molar-refractivity contribution >= 4 is 28.9 Å². The monoisotopic (exact) mass is 427 g/mol. The van der Waals surface area contributed by atoms with E-state index in [9.17, 15) is 14.4 Å². The minimum absolute atomic E-state index is 0.171. The van der Waals surface area contributed by atoms with Gasteiger partial charge >= 0.3 is 12.2 Å². The van der Waals surface area contributed by atoms with Crippen LogP contribution in [0.5, 0.6) is 0 Å². The Bertz CT molecular complexity index is 964. The van der Waals surface area contributed by atoms with E-state index in [0.717, 1.165) is 16.3 Å². The van der Waals surface area contributed by atoms with Crippen LogP contribution >= 0.6 is 0 Å². The predicted octanol–water partition coefficient (Wildman–Crippen LogP) is 3.32. The molecule has 0 aromatic heterocycles. The molecule has 1 atom stereocenters. The minimum atomic E-state index is -0.640. The van der Waals surface area contributed by atoms with Gasteiger partial charge in [0.25, 0.3) is 0 Å². The van der Waals surface area contributed by atoms with Crippen LogP contribution < -0.4 is 5.32 Å². The van der Waals surface area contributed by atoms with Crippen LogP contribution in [0.1, 0.15) is 32.4 Å². The number of benzene rings is 2. The Morgan fingerprint density at radius 3 is 2.48 bits per heavy atom. The summed E-state index contributed by atoms with van der Waals surface area (Å²) in [6.07, 6.45) is -1.07. The SMILES string of the molecule is COC(=O)N1CCN(C(=O)CNC(=O)OC(C)(C)C)CC1c1cccc2ccccc12. The zero-order valence-corrected chi connectivity index (χ0v) is 18.4. The summed E-state index contributed by atoms with van der Waals surface area (Å²) >= 11 is 0. The van der Waals surface area contributed by atoms with Crippen LogP contribution in [0.3, 0.4) is 0 Å². The Balaban J connectivity index is 1.79. The van der Waals surface area contributed by atoms with Crippen molar-refractivity contribution in [3.63, 3.8) is 0 Å². The molecule has 0 radical (unpaired) electrons. The number of ether oxygens (including phenoxy) is 2. The van der Waals surface area contributed by atoms with Crippen LogP contribution in [0.4, 0.5) is 9.59 Å². The van der Waals surface area contributed by atoms with Gasteiger partial charge in [-0.05, 0) is 37.1 Å². The first-order valence-electron chi connectivity index (χ1n) is 10.3. The normalized spacial score (nSPS) is 16.7. The second kappa shape index (κ2) is 9.24. The molecule has 1 N–H and O–H groups in total. The maximum Gasteiger partial charge on any atom is 0.410 e. The molecule has 2 aromatic rings. The van der Waals surface area contributed by atoms with Gasteiger partial charge in [-0.2, -0.15) is 0 Å². The van der Waals surface area contributed by atoms with Crippen LogP contribution in [0.2, 0.25) is 0 Å². The molecule has 0 bridgehead atoms. The third-order valence-corrected chi connectivity index (χ3v) is 5.11. The Morgan fingerprint density at radius 1 is 1.06 bits per heavy atom. The highest BCUT2D eigenvalue weighted by molar-refractivity contribution is 5.87. The molecule has 1 aliphatic rings. The average Bonchev–Trinajstić information content (AvgIpc) is 2.75. The van der Waals surface area contributed by atoms with Crippen molar-refractivity contribution in [1.29, 1.82) is 0 Å². The largest absolute Gasteiger partial charge is 0.453 e. The maximum absolute atomic E-state index is 12.8. The molecule has 1 saturated heterocycles. The van der Waals surface area contributed by atoms with Crippen LogP contribution in [0.15, 0.2) is 42.5 Å².